The number of nitrogen functional groups attached to an aromatic ring is 2. The lowest BCUT2D eigenvalue weighted by molar-refractivity contribution is 0.629. The van der Waals surface area contributed by atoms with Gasteiger partial charge in [-0.25, -0.2) is 4.39 Å². The van der Waals surface area contributed by atoms with Gasteiger partial charge in [-0.1, -0.05) is 0 Å². The SMILES string of the molecule is Nc1cc(N)c(S)cc1F. The van der Waals surface area contributed by atoms with Crippen molar-refractivity contribution in [3.8, 4) is 0 Å². The molecule has 0 heterocycles. The van der Waals surface area contributed by atoms with E-state index in [9.17, 15) is 4.39 Å². The van der Waals surface area contributed by atoms with E-state index in [1.165, 1.54) is 12.1 Å². The van der Waals surface area contributed by atoms with Crippen molar-refractivity contribution in [1.29, 1.82) is 0 Å². The van der Waals surface area contributed by atoms with Crippen LogP contribution in [0.4, 0.5) is 15.8 Å². The maximum Gasteiger partial charge on any atom is 0.147 e. The first-order valence-electron chi connectivity index (χ1n) is 2.64. The summed E-state index contributed by atoms with van der Waals surface area (Å²) in [6.45, 7) is 0. The first-order valence-corrected chi connectivity index (χ1v) is 3.09. The summed E-state index contributed by atoms with van der Waals surface area (Å²) in [4.78, 5) is 0.409. The zero-order chi connectivity index (χ0) is 7.72. The number of benzene rings is 1. The summed E-state index contributed by atoms with van der Waals surface area (Å²) in [5, 5.41) is 0. The zero-order valence-electron chi connectivity index (χ0n) is 5.13. The molecule has 0 bridgehead atoms. The van der Waals surface area contributed by atoms with Crippen molar-refractivity contribution in [3.63, 3.8) is 0 Å². The number of anilines is 2. The van der Waals surface area contributed by atoms with Crippen molar-refractivity contribution in [2.45, 2.75) is 4.90 Å². The van der Waals surface area contributed by atoms with Crippen molar-refractivity contribution >= 4 is 24.0 Å². The molecule has 4 N–H and O–H groups in total. The van der Waals surface area contributed by atoms with Crippen molar-refractivity contribution in [2.75, 3.05) is 11.5 Å². The number of thiol groups is 1. The molecule has 0 fully saturated rings. The molecule has 0 spiro atoms. The quantitative estimate of drug-likeness (QED) is 0.393. The van der Waals surface area contributed by atoms with Crippen LogP contribution in [0.25, 0.3) is 0 Å². The molecule has 54 valence electrons. The second-order valence-electron chi connectivity index (χ2n) is 1.93. The van der Waals surface area contributed by atoms with E-state index in [1.807, 2.05) is 0 Å². The summed E-state index contributed by atoms with van der Waals surface area (Å²) in [5.41, 5.74) is 11.0. The monoisotopic (exact) mass is 158 g/mol. The first-order chi connectivity index (χ1) is 4.61. The minimum Gasteiger partial charge on any atom is -0.398 e. The van der Waals surface area contributed by atoms with Crippen LogP contribution in [0, 0.1) is 5.82 Å². The molecule has 10 heavy (non-hydrogen) atoms. The molecule has 0 aromatic heterocycles. The number of rotatable bonds is 0. The zero-order valence-corrected chi connectivity index (χ0v) is 6.03. The first kappa shape index (κ1) is 7.21. The lowest BCUT2D eigenvalue weighted by atomic mass is 10.3. The Hall–Kier alpha value is -0.900. The lowest BCUT2D eigenvalue weighted by Gasteiger charge is -2.00. The van der Waals surface area contributed by atoms with Crippen LogP contribution in [0.1, 0.15) is 0 Å². The Kier molecular flexibility index (Phi) is 1.72. The fraction of sp³-hybridized carbons (Fsp3) is 0. The Morgan fingerprint density at radius 1 is 1.20 bits per heavy atom. The van der Waals surface area contributed by atoms with Gasteiger partial charge >= 0.3 is 0 Å². The molecular formula is C6H7FN2S. The highest BCUT2D eigenvalue weighted by Gasteiger charge is 2.00. The van der Waals surface area contributed by atoms with Crippen molar-refractivity contribution < 1.29 is 4.39 Å². The Balaban J connectivity index is 3.28. The summed E-state index contributed by atoms with van der Waals surface area (Å²) < 4.78 is 12.5. The molecule has 0 aliphatic heterocycles. The highest BCUT2D eigenvalue weighted by Crippen LogP contribution is 2.21. The minimum absolute atomic E-state index is 0.0512. The summed E-state index contributed by atoms with van der Waals surface area (Å²) in [5.74, 6) is -0.487. The van der Waals surface area contributed by atoms with Gasteiger partial charge < -0.3 is 11.5 Å². The summed E-state index contributed by atoms with van der Waals surface area (Å²) in [6.07, 6.45) is 0. The molecule has 4 heteroatoms. The van der Waals surface area contributed by atoms with Crippen LogP contribution < -0.4 is 11.5 Å². The van der Waals surface area contributed by atoms with Gasteiger partial charge in [0, 0.05) is 10.6 Å². The number of nitrogens with two attached hydrogens (primary N) is 2. The predicted octanol–water partition coefficient (Wildman–Crippen LogP) is 1.28. The van der Waals surface area contributed by atoms with E-state index in [0.29, 0.717) is 10.6 Å². The van der Waals surface area contributed by atoms with Crippen LogP contribution >= 0.6 is 12.6 Å². The van der Waals surface area contributed by atoms with E-state index < -0.39 is 5.82 Å². The predicted molar refractivity (Wildman–Crippen MR) is 42.5 cm³/mol. The van der Waals surface area contributed by atoms with Crippen LogP contribution in [-0.2, 0) is 0 Å². The van der Waals surface area contributed by atoms with Crippen LogP contribution in [0.2, 0.25) is 0 Å². The van der Waals surface area contributed by atoms with Crippen LogP contribution in [0.15, 0.2) is 17.0 Å². The molecule has 0 radical (unpaired) electrons. The molecule has 1 aromatic rings. The van der Waals surface area contributed by atoms with Gasteiger partial charge in [0.2, 0.25) is 0 Å². The van der Waals surface area contributed by atoms with E-state index in [0.717, 1.165) is 0 Å². The standard InChI is InChI=1S/C6H7FN2S/c7-3-1-6(10)5(9)2-4(3)8/h1-2,10H,8-9H2. The normalized spacial score (nSPS) is 9.80. The third-order valence-corrected chi connectivity index (χ3v) is 1.53. The molecular weight excluding hydrogens is 151 g/mol. The average Bonchev–Trinajstić information content (AvgIpc) is 1.84. The fourth-order valence-corrected chi connectivity index (χ4v) is 0.775. The average molecular weight is 158 g/mol. The molecule has 0 saturated carbocycles. The van der Waals surface area contributed by atoms with Crippen molar-refractivity contribution in [2.24, 2.45) is 0 Å². The van der Waals surface area contributed by atoms with E-state index in [1.54, 1.807) is 0 Å². The Bertz CT molecular complexity index is 212. The summed E-state index contributed by atoms with van der Waals surface area (Å²) >= 11 is 3.89. The second-order valence-corrected chi connectivity index (χ2v) is 2.41. The molecule has 0 unspecified atom stereocenters. The van der Waals surface area contributed by atoms with Gasteiger partial charge in [-0.3, -0.25) is 0 Å². The molecule has 0 saturated heterocycles. The highest BCUT2D eigenvalue weighted by molar-refractivity contribution is 7.80. The molecule has 0 aliphatic rings. The van der Waals surface area contributed by atoms with Crippen LogP contribution in [0.5, 0.6) is 0 Å². The Morgan fingerprint density at radius 2 is 1.80 bits per heavy atom. The van der Waals surface area contributed by atoms with Crippen molar-refractivity contribution in [3.05, 3.63) is 17.9 Å². The van der Waals surface area contributed by atoms with Crippen LogP contribution in [-0.4, -0.2) is 0 Å². The fourth-order valence-electron chi connectivity index (χ4n) is 0.597. The molecule has 0 atom stereocenters. The molecule has 1 aromatic carbocycles. The Morgan fingerprint density at radius 3 is 2.30 bits per heavy atom. The van der Waals surface area contributed by atoms with E-state index in [4.69, 9.17) is 11.5 Å². The van der Waals surface area contributed by atoms with Gasteiger partial charge in [0.25, 0.3) is 0 Å². The number of hydrogen-bond acceptors (Lipinski definition) is 3. The van der Waals surface area contributed by atoms with Gasteiger partial charge in [0.05, 0.1) is 5.69 Å². The molecule has 2 nitrogen and oxygen atoms in total. The minimum atomic E-state index is -0.487. The van der Waals surface area contributed by atoms with Crippen molar-refractivity contribution in [1.82, 2.24) is 0 Å². The van der Waals surface area contributed by atoms with E-state index in [2.05, 4.69) is 12.6 Å². The lowest BCUT2D eigenvalue weighted by Crippen LogP contribution is -1.94. The topological polar surface area (TPSA) is 52.0 Å². The van der Waals surface area contributed by atoms with Gasteiger partial charge in [0.1, 0.15) is 5.82 Å². The van der Waals surface area contributed by atoms with E-state index in [-0.39, 0.29) is 5.69 Å². The molecule has 0 amide bonds. The van der Waals surface area contributed by atoms with Gasteiger partial charge in [0.15, 0.2) is 0 Å². The highest BCUT2D eigenvalue weighted by atomic mass is 32.1. The van der Waals surface area contributed by atoms with E-state index >= 15 is 0 Å². The summed E-state index contributed by atoms with van der Waals surface area (Å²) in [6, 6.07) is 2.53. The van der Waals surface area contributed by atoms with Gasteiger partial charge in [-0.15, -0.1) is 12.6 Å². The second kappa shape index (κ2) is 2.38. The maximum atomic E-state index is 12.5. The number of halogens is 1. The summed E-state index contributed by atoms with van der Waals surface area (Å²) in [7, 11) is 0. The third kappa shape index (κ3) is 1.16. The third-order valence-electron chi connectivity index (χ3n) is 1.15. The number of hydrogen-bond donors (Lipinski definition) is 3. The van der Waals surface area contributed by atoms with Crippen LogP contribution in [0.3, 0.4) is 0 Å². The van der Waals surface area contributed by atoms with Gasteiger partial charge in [-0.05, 0) is 12.1 Å². The maximum absolute atomic E-state index is 12.5. The largest absolute Gasteiger partial charge is 0.398 e. The molecule has 1 rings (SSSR count). The smallest absolute Gasteiger partial charge is 0.147 e. The molecule has 0 aliphatic carbocycles. The van der Waals surface area contributed by atoms with Gasteiger partial charge in [-0.2, -0.15) is 0 Å². The Labute approximate surface area is 63.4 Å².